The monoisotopic (exact) mass is 339 g/mol. The Morgan fingerprint density at radius 3 is 2.67 bits per heavy atom. The predicted octanol–water partition coefficient (Wildman–Crippen LogP) is 3.21. The summed E-state index contributed by atoms with van der Waals surface area (Å²) in [5.41, 5.74) is 3.06. The number of aryl methyl sites for hydroxylation is 1. The van der Waals surface area contributed by atoms with E-state index in [4.69, 9.17) is 4.74 Å². The van der Waals surface area contributed by atoms with Crippen molar-refractivity contribution in [3.63, 3.8) is 0 Å². The van der Waals surface area contributed by atoms with E-state index in [0.717, 1.165) is 21.8 Å². The molecular formula is C18H17N3O2S. The molecule has 3 rings (SSSR count). The number of carbonyl (C=O) groups excluding carboxylic acids is 1. The van der Waals surface area contributed by atoms with Crippen LogP contribution in [0.3, 0.4) is 0 Å². The summed E-state index contributed by atoms with van der Waals surface area (Å²) in [6.45, 7) is 2.39. The average molecular weight is 339 g/mol. The Bertz CT molecular complexity index is 801. The first-order chi connectivity index (χ1) is 11.7. The second-order valence-electron chi connectivity index (χ2n) is 5.24. The lowest BCUT2D eigenvalue weighted by Crippen LogP contribution is -2.28. The third-order valence-electron chi connectivity index (χ3n) is 3.36. The number of nitrogens with zero attached hydrogens (tertiary/aromatic N) is 2. The Hall–Kier alpha value is -2.73. The molecule has 0 aliphatic heterocycles. The highest BCUT2D eigenvalue weighted by Gasteiger charge is 2.07. The second kappa shape index (κ2) is 7.70. The molecule has 2 aromatic heterocycles. The first-order valence-electron chi connectivity index (χ1n) is 7.52. The van der Waals surface area contributed by atoms with Gasteiger partial charge in [-0.1, -0.05) is 17.7 Å². The van der Waals surface area contributed by atoms with E-state index in [0.29, 0.717) is 12.3 Å². The van der Waals surface area contributed by atoms with E-state index in [-0.39, 0.29) is 12.5 Å². The lowest BCUT2D eigenvalue weighted by atomic mass is 10.2. The summed E-state index contributed by atoms with van der Waals surface area (Å²) in [5.74, 6) is 0.515. The highest BCUT2D eigenvalue weighted by Crippen LogP contribution is 2.20. The molecule has 0 saturated heterocycles. The molecule has 0 fully saturated rings. The Labute approximate surface area is 144 Å². The molecule has 0 saturated carbocycles. The number of pyridine rings is 1. The van der Waals surface area contributed by atoms with Crippen LogP contribution >= 0.6 is 11.3 Å². The zero-order valence-corrected chi connectivity index (χ0v) is 14.0. The molecule has 0 atom stereocenters. The molecule has 1 amide bonds. The summed E-state index contributed by atoms with van der Waals surface area (Å²) in [7, 11) is 0. The Morgan fingerprint density at radius 1 is 1.17 bits per heavy atom. The summed E-state index contributed by atoms with van der Waals surface area (Å²) < 4.78 is 5.45. The zero-order chi connectivity index (χ0) is 16.8. The van der Waals surface area contributed by atoms with Crippen molar-refractivity contribution in [3.8, 4) is 17.0 Å². The van der Waals surface area contributed by atoms with Gasteiger partial charge < -0.3 is 10.1 Å². The van der Waals surface area contributed by atoms with E-state index in [1.54, 1.807) is 12.4 Å². The molecule has 2 heterocycles. The van der Waals surface area contributed by atoms with Crippen LogP contribution in [0, 0.1) is 6.92 Å². The van der Waals surface area contributed by atoms with Crippen molar-refractivity contribution in [2.75, 3.05) is 6.61 Å². The molecule has 0 bridgehead atoms. The summed E-state index contributed by atoms with van der Waals surface area (Å²) in [4.78, 5) is 20.4. The standard InChI is InChI=1S/C18H17N3O2S/c1-13-2-4-15(5-3-13)23-11-17(22)20-10-18-21-16(12-24-18)14-6-8-19-9-7-14/h2-9,12H,10-11H2,1H3,(H,20,22). The van der Waals surface area contributed by atoms with Crippen LogP contribution in [0.4, 0.5) is 0 Å². The van der Waals surface area contributed by atoms with Crippen molar-refractivity contribution in [2.45, 2.75) is 13.5 Å². The number of thiazole rings is 1. The van der Waals surface area contributed by atoms with Crippen molar-refractivity contribution in [1.29, 1.82) is 0 Å². The number of benzene rings is 1. The van der Waals surface area contributed by atoms with Crippen molar-refractivity contribution in [2.24, 2.45) is 0 Å². The van der Waals surface area contributed by atoms with E-state index in [2.05, 4.69) is 15.3 Å². The zero-order valence-electron chi connectivity index (χ0n) is 13.2. The molecule has 3 aromatic rings. The van der Waals surface area contributed by atoms with Crippen LogP contribution in [0.5, 0.6) is 5.75 Å². The van der Waals surface area contributed by atoms with Crippen molar-refractivity contribution in [1.82, 2.24) is 15.3 Å². The van der Waals surface area contributed by atoms with Crippen LogP contribution in [0.2, 0.25) is 0 Å². The van der Waals surface area contributed by atoms with Crippen LogP contribution < -0.4 is 10.1 Å². The first-order valence-corrected chi connectivity index (χ1v) is 8.39. The Morgan fingerprint density at radius 2 is 1.92 bits per heavy atom. The number of hydrogen-bond acceptors (Lipinski definition) is 5. The summed E-state index contributed by atoms with van der Waals surface area (Å²) in [6.07, 6.45) is 3.47. The lowest BCUT2D eigenvalue weighted by Gasteiger charge is -2.06. The minimum Gasteiger partial charge on any atom is -0.484 e. The Balaban J connectivity index is 1.48. The maximum Gasteiger partial charge on any atom is 0.258 e. The van der Waals surface area contributed by atoms with Gasteiger partial charge in [0, 0.05) is 23.3 Å². The minimum absolute atomic E-state index is 0.00829. The largest absolute Gasteiger partial charge is 0.484 e. The lowest BCUT2D eigenvalue weighted by molar-refractivity contribution is -0.123. The number of amides is 1. The van der Waals surface area contributed by atoms with Gasteiger partial charge in [0.2, 0.25) is 0 Å². The van der Waals surface area contributed by atoms with Gasteiger partial charge in [-0.15, -0.1) is 11.3 Å². The van der Waals surface area contributed by atoms with Crippen LogP contribution in [0.1, 0.15) is 10.6 Å². The van der Waals surface area contributed by atoms with Crippen molar-refractivity contribution >= 4 is 17.2 Å². The SMILES string of the molecule is Cc1ccc(OCC(=O)NCc2nc(-c3ccncc3)cs2)cc1. The fourth-order valence-corrected chi connectivity index (χ4v) is 2.80. The van der Waals surface area contributed by atoms with Gasteiger partial charge in [-0.2, -0.15) is 0 Å². The normalized spacial score (nSPS) is 10.4. The number of carbonyl (C=O) groups is 1. The van der Waals surface area contributed by atoms with Crippen LogP contribution in [-0.2, 0) is 11.3 Å². The molecular weight excluding hydrogens is 322 g/mol. The average Bonchev–Trinajstić information content (AvgIpc) is 3.09. The van der Waals surface area contributed by atoms with Crippen LogP contribution in [-0.4, -0.2) is 22.5 Å². The van der Waals surface area contributed by atoms with E-state index in [1.165, 1.54) is 11.3 Å². The van der Waals surface area contributed by atoms with Crippen molar-refractivity contribution in [3.05, 3.63) is 64.7 Å². The van der Waals surface area contributed by atoms with E-state index in [1.807, 2.05) is 48.7 Å². The van der Waals surface area contributed by atoms with Gasteiger partial charge in [0.1, 0.15) is 10.8 Å². The molecule has 0 aliphatic carbocycles. The maximum absolute atomic E-state index is 11.9. The van der Waals surface area contributed by atoms with Crippen molar-refractivity contribution < 1.29 is 9.53 Å². The number of aromatic nitrogens is 2. The van der Waals surface area contributed by atoms with E-state index < -0.39 is 0 Å². The Kier molecular flexibility index (Phi) is 5.18. The van der Waals surface area contributed by atoms with E-state index in [9.17, 15) is 4.79 Å². The summed E-state index contributed by atoms with van der Waals surface area (Å²) >= 11 is 1.52. The minimum atomic E-state index is -0.170. The van der Waals surface area contributed by atoms with Crippen LogP contribution in [0.15, 0.2) is 54.2 Å². The van der Waals surface area contributed by atoms with Crippen LogP contribution in [0.25, 0.3) is 11.3 Å². The van der Waals surface area contributed by atoms with Gasteiger partial charge in [-0.25, -0.2) is 4.98 Å². The van der Waals surface area contributed by atoms with E-state index >= 15 is 0 Å². The number of ether oxygens (including phenoxy) is 1. The quantitative estimate of drug-likeness (QED) is 0.749. The number of rotatable bonds is 6. The highest BCUT2D eigenvalue weighted by molar-refractivity contribution is 7.09. The molecule has 1 N–H and O–H groups in total. The molecule has 0 aliphatic rings. The molecule has 24 heavy (non-hydrogen) atoms. The van der Waals surface area contributed by atoms with Gasteiger partial charge in [0.25, 0.3) is 5.91 Å². The number of hydrogen-bond donors (Lipinski definition) is 1. The molecule has 5 nitrogen and oxygen atoms in total. The van der Waals surface area contributed by atoms with Gasteiger partial charge in [-0.3, -0.25) is 9.78 Å². The second-order valence-corrected chi connectivity index (χ2v) is 6.18. The first kappa shape index (κ1) is 16.1. The van der Waals surface area contributed by atoms with Gasteiger partial charge in [0.15, 0.2) is 6.61 Å². The number of nitrogens with one attached hydrogen (secondary N) is 1. The fourth-order valence-electron chi connectivity index (χ4n) is 2.06. The molecule has 6 heteroatoms. The summed E-state index contributed by atoms with van der Waals surface area (Å²) in [6, 6.07) is 11.4. The third-order valence-corrected chi connectivity index (χ3v) is 4.20. The molecule has 0 unspecified atom stereocenters. The molecule has 0 radical (unpaired) electrons. The smallest absolute Gasteiger partial charge is 0.258 e. The van der Waals surface area contributed by atoms with Gasteiger partial charge in [0.05, 0.1) is 12.2 Å². The maximum atomic E-state index is 11.9. The highest BCUT2D eigenvalue weighted by atomic mass is 32.1. The van der Waals surface area contributed by atoms with Gasteiger partial charge >= 0.3 is 0 Å². The topological polar surface area (TPSA) is 64.1 Å². The fraction of sp³-hybridized carbons (Fsp3) is 0.167. The molecule has 122 valence electrons. The van der Waals surface area contributed by atoms with Gasteiger partial charge in [-0.05, 0) is 31.2 Å². The molecule has 0 spiro atoms. The predicted molar refractivity (Wildman–Crippen MR) is 93.9 cm³/mol. The third kappa shape index (κ3) is 4.39. The molecule has 1 aromatic carbocycles. The summed E-state index contributed by atoms with van der Waals surface area (Å²) in [5, 5.41) is 5.64.